The number of aliphatic hydroxyl groups is 1. The summed E-state index contributed by atoms with van der Waals surface area (Å²) in [4.78, 5) is 4.04. The van der Waals surface area contributed by atoms with E-state index in [-0.39, 0.29) is 11.6 Å². The second kappa shape index (κ2) is 9.30. The molecule has 0 radical (unpaired) electrons. The lowest BCUT2D eigenvalue weighted by Crippen LogP contribution is -2.19. The fourth-order valence-electron chi connectivity index (χ4n) is 3.36. The zero-order valence-electron chi connectivity index (χ0n) is 17.6. The Kier molecular flexibility index (Phi) is 6.93. The Hall–Kier alpha value is -2.55. The fourth-order valence-corrected chi connectivity index (χ4v) is 4.54. The van der Waals surface area contributed by atoms with Gasteiger partial charge in [0.15, 0.2) is 0 Å². The van der Waals surface area contributed by atoms with Crippen LogP contribution in [0.25, 0.3) is 0 Å². The minimum atomic E-state index is -3.71. The van der Waals surface area contributed by atoms with E-state index in [1.165, 1.54) is 6.07 Å². The number of aryl methyl sites for hydroxylation is 2. The summed E-state index contributed by atoms with van der Waals surface area (Å²) in [5, 5.41) is 8.82. The normalized spacial score (nSPS) is 12.5. The van der Waals surface area contributed by atoms with Crippen molar-refractivity contribution in [3.05, 3.63) is 88.0 Å². The van der Waals surface area contributed by atoms with Gasteiger partial charge < -0.3 is 10.1 Å². The van der Waals surface area contributed by atoms with Crippen LogP contribution in [0.1, 0.15) is 46.5 Å². The fraction of sp³-hybridized carbons (Fsp3) is 0.261. The molecule has 0 saturated carbocycles. The van der Waals surface area contributed by atoms with Crippen molar-refractivity contribution < 1.29 is 17.9 Å². The number of aliphatic hydroxyl groups excluding tert-OH is 1. The standard InChI is InChI=1S/C23H25FN2O3S2/c1-14-4-6-17(7-5-14)23(30)22-15(2)12-21(25-22)16(3)19-9-8-18(13-20(19)24)26-31(28,29)11-10-27/h4-9,12-13,16,25-27H,10-11H2,1-3H3. The number of anilines is 1. The van der Waals surface area contributed by atoms with Crippen LogP contribution in [-0.2, 0) is 10.0 Å². The Morgan fingerprint density at radius 1 is 1.16 bits per heavy atom. The van der Waals surface area contributed by atoms with Crippen molar-refractivity contribution in [2.45, 2.75) is 26.7 Å². The maximum Gasteiger partial charge on any atom is 0.234 e. The summed E-state index contributed by atoms with van der Waals surface area (Å²) in [7, 11) is -3.71. The van der Waals surface area contributed by atoms with Gasteiger partial charge in [0.05, 0.1) is 28.6 Å². The molecule has 1 unspecified atom stereocenters. The first-order chi connectivity index (χ1) is 14.6. The summed E-state index contributed by atoms with van der Waals surface area (Å²) in [6.45, 7) is 5.34. The highest BCUT2D eigenvalue weighted by Crippen LogP contribution is 2.30. The molecule has 0 aliphatic rings. The van der Waals surface area contributed by atoms with E-state index < -0.39 is 28.2 Å². The zero-order valence-corrected chi connectivity index (χ0v) is 19.2. The summed E-state index contributed by atoms with van der Waals surface area (Å²) in [6.07, 6.45) is 0. The predicted octanol–water partition coefficient (Wildman–Crippen LogP) is 4.42. The number of thiocarbonyl (C=S) groups is 1. The van der Waals surface area contributed by atoms with Crippen molar-refractivity contribution in [2.75, 3.05) is 17.1 Å². The minimum absolute atomic E-state index is 0.116. The number of rotatable bonds is 8. The first-order valence-corrected chi connectivity index (χ1v) is 11.9. The molecule has 0 aliphatic carbocycles. The highest BCUT2D eigenvalue weighted by Gasteiger charge is 2.19. The molecule has 0 aliphatic heterocycles. The van der Waals surface area contributed by atoms with Gasteiger partial charge in [0, 0.05) is 11.6 Å². The number of aromatic nitrogens is 1. The molecule has 0 saturated heterocycles. The molecule has 0 fully saturated rings. The second-order valence-electron chi connectivity index (χ2n) is 7.58. The van der Waals surface area contributed by atoms with E-state index in [9.17, 15) is 12.8 Å². The van der Waals surface area contributed by atoms with Gasteiger partial charge in [0.2, 0.25) is 10.0 Å². The summed E-state index contributed by atoms with van der Waals surface area (Å²) in [5.41, 5.74) is 5.26. The predicted molar refractivity (Wildman–Crippen MR) is 126 cm³/mol. The molecule has 31 heavy (non-hydrogen) atoms. The third-order valence-corrected chi connectivity index (χ3v) is 6.85. The van der Waals surface area contributed by atoms with Crippen molar-refractivity contribution in [2.24, 2.45) is 0 Å². The quantitative estimate of drug-likeness (QED) is 0.343. The Morgan fingerprint density at radius 3 is 2.45 bits per heavy atom. The van der Waals surface area contributed by atoms with Crippen LogP contribution in [0.2, 0.25) is 0 Å². The Balaban J connectivity index is 1.85. The molecule has 1 aromatic heterocycles. The lowest BCUT2D eigenvalue weighted by molar-refractivity contribution is 0.320. The molecule has 2 aromatic carbocycles. The van der Waals surface area contributed by atoms with Crippen LogP contribution < -0.4 is 4.72 Å². The maximum absolute atomic E-state index is 14.8. The highest BCUT2D eigenvalue weighted by atomic mass is 32.2. The Bertz CT molecular complexity index is 1200. The van der Waals surface area contributed by atoms with Gasteiger partial charge in [-0.25, -0.2) is 12.8 Å². The number of halogens is 1. The average Bonchev–Trinajstić information content (AvgIpc) is 3.09. The van der Waals surface area contributed by atoms with Crippen molar-refractivity contribution in [1.82, 2.24) is 4.98 Å². The third kappa shape index (κ3) is 5.39. The molecular formula is C23H25FN2O3S2. The van der Waals surface area contributed by atoms with Gasteiger partial charge in [0.1, 0.15) is 5.82 Å². The molecule has 1 atom stereocenters. The van der Waals surface area contributed by atoms with Crippen molar-refractivity contribution >= 4 is 32.8 Å². The van der Waals surface area contributed by atoms with E-state index in [2.05, 4.69) is 9.71 Å². The third-order valence-electron chi connectivity index (χ3n) is 5.14. The first kappa shape index (κ1) is 23.1. The molecule has 0 spiro atoms. The largest absolute Gasteiger partial charge is 0.395 e. The highest BCUT2D eigenvalue weighted by molar-refractivity contribution is 7.92. The molecule has 164 valence electrons. The van der Waals surface area contributed by atoms with Crippen LogP contribution in [0, 0.1) is 19.7 Å². The molecule has 0 amide bonds. The minimum Gasteiger partial charge on any atom is -0.395 e. The smallest absolute Gasteiger partial charge is 0.234 e. The van der Waals surface area contributed by atoms with Crippen molar-refractivity contribution in [3.63, 3.8) is 0 Å². The summed E-state index contributed by atoms with van der Waals surface area (Å²) in [5.74, 6) is -1.26. The van der Waals surface area contributed by atoms with E-state index in [1.54, 1.807) is 6.07 Å². The number of benzene rings is 2. The molecule has 0 bridgehead atoms. The van der Waals surface area contributed by atoms with Gasteiger partial charge in [-0.3, -0.25) is 4.72 Å². The number of nitrogens with one attached hydrogen (secondary N) is 2. The van der Waals surface area contributed by atoms with Crippen molar-refractivity contribution in [1.29, 1.82) is 0 Å². The molecular weight excluding hydrogens is 435 g/mol. The van der Waals surface area contributed by atoms with Crippen molar-refractivity contribution in [3.8, 4) is 0 Å². The van der Waals surface area contributed by atoms with Gasteiger partial charge in [-0.1, -0.05) is 55.0 Å². The van der Waals surface area contributed by atoms with E-state index >= 15 is 0 Å². The lowest BCUT2D eigenvalue weighted by Gasteiger charge is -2.14. The van der Waals surface area contributed by atoms with E-state index in [1.807, 2.05) is 51.1 Å². The maximum atomic E-state index is 14.8. The number of hydrogen-bond donors (Lipinski definition) is 3. The van der Waals surface area contributed by atoms with Crippen LogP contribution in [0.5, 0.6) is 0 Å². The molecule has 8 heteroatoms. The monoisotopic (exact) mass is 460 g/mol. The summed E-state index contributed by atoms with van der Waals surface area (Å²) >= 11 is 5.66. The molecule has 5 nitrogen and oxygen atoms in total. The average molecular weight is 461 g/mol. The number of H-pyrrole nitrogens is 1. The lowest BCUT2D eigenvalue weighted by atomic mass is 9.97. The van der Waals surface area contributed by atoms with Crippen LogP contribution in [-0.4, -0.2) is 35.7 Å². The van der Waals surface area contributed by atoms with Crippen LogP contribution in [0.3, 0.4) is 0 Å². The van der Waals surface area contributed by atoms with Gasteiger partial charge in [-0.2, -0.15) is 0 Å². The Morgan fingerprint density at radius 2 is 1.84 bits per heavy atom. The van der Waals surface area contributed by atoms with Gasteiger partial charge in [0.25, 0.3) is 0 Å². The second-order valence-corrected chi connectivity index (χ2v) is 9.83. The molecule has 3 N–H and O–H groups in total. The number of sulfonamides is 1. The topological polar surface area (TPSA) is 82.2 Å². The van der Waals surface area contributed by atoms with E-state index in [0.29, 0.717) is 10.4 Å². The van der Waals surface area contributed by atoms with E-state index in [4.69, 9.17) is 17.3 Å². The molecule has 3 aromatic rings. The van der Waals surface area contributed by atoms with Gasteiger partial charge >= 0.3 is 0 Å². The first-order valence-electron chi connectivity index (χ1n) is 9.83. The number of aromatic amines is 1. The van der Waals surface area contributed by atoms with Crippen LogP contribution in [0.4, 0.5) is 10.1 Å². The number of hydrogen-bond acceptors (Lipinski definition) is 4. The Labute approximate surface area is 187 Å². The SMILES string of the molecule is Cc1ccc(C(=S)c2[nH]c(C(C)c3ccc(NS(=O)(=O)CCO)cc3F)cc2C)cc1. The van der Waals surface area contributed by atoms with Crippen LogP contribution >= 0.6 is 12.2 Å². The van der Waals surface area contributed by atoms with Gasteiger partial charge in [-0.15, -0.1) is 0 Å². The summed E-state index contributed by atoms with van der Waals surface area (Å²) in [6, 6.07) is 14.2. The molecule has 1 heterocycles. The summed E-state index contributed by atoms with van der Waals surface area (Å²) < 4.78 is 40.6. The molecule has 3 rings (SSSR count). The van der Waals surface area contributed by atoms with E-state index in [0.717, 1.165) is 34.1 Å². The zero-order chi connectivity index (χ0) is 22.8. The van der Waals surface area contributed by atoms with Gasteiger partial charge in [-0.05, 0) is 48.7 Å². The van der Waals surface area contributed by atoms with Crippen LogP contribution in [0.15, 0.2) is 48.5 Å².